The first kappa shape index (κ1) is 37.8. The number of hydrogen-bond donors (Lipinski definition) is 5. The second-order valence-electron chi connectivity index (χ2n) is 12.0. The molecule has 1 aliphatic rings. The van der Waals surface area contributed by atoms with E-state index in [1.54, 1.807) is 52.0 Å². The largest absolute Gasteiger partial charge is 0.455 e. The molecule has 2 heterocycles. The molecule has 17 heteroatoms. The van der Waals surface area contributed by atoms with Gasteiger partial charge in [-0.2, -0.15) is 4.98 Å². The quantitative estimate of drug-likeness (QED) is 0.0960. The normalized spacial score (nSPS) is 23.6. The van der Waals surface area contributed by atoms with Gasteiger partial charge in [0.05, 0.1) is 25.2 Å². The summed E-state index contributed by atoms with van der Waals surface area (Å²) in [7, 11) is -4.14. The van der Waals surface area contributed by atoms with Crippen LogP contribution in [0.5, 0.6) is 0 Å². The molecule has 1 saturated heterocycles. The minimum absolute atomic E-state index is 0.0491. The van der Waals surface area contributed by atoms with Crippen molar-refractivity contribution in [3.05, 3.63) is 58.6 Å². The Kier molecular flexibility index (Phi) is 13.1. The van der Waals surface area contributed by atoms with E-state index in [2.05, 4.69) is 10.1 Å². The van der Waals surface area contributed by atoms with Gasteiger partial charge in [-0.15, -0.1) is 0 Å². The lowest BCUT2D eigenvalue weighted by Gasteiger charge is -2.31. The number of aromatic nitrogens is 2. The molecule has 1 aliphatic heterocycles. The van der Waals surface area contributed by atoms with Crippen LogP contribution in [0.3, 0.4) is 0 Å². The van der Waals surface area contributed by atoms with Crippen LogP contribution in [0, 0.1) is 11.3 Å². The molecule has 7 N–H and O–H groups in total. The van der Waals surface area contributed by atoms with Crippen LogP contribution in [0.1, 0.15) is 46.4 Å². The Morgan fingerprint density at radius 1 is 1.24 bits per heavy atom. The molecular formula is C29H44N5O10PS. The molecule has 46 heavy (non-hydrogen) atoms. The Morgan fingerprint density at radius 2 is 1.91 bits per heavy atom. The molecule has 0 saturated carbocycles. The molecule has 0 amide bonds. The third kappa shape index (κ3) is 9.69. The molecule has 15 nitrogen and oxygen atoms in total. The maximum absolute atomic E-state index is 14.0. The smallest absolute Gasteiger partial charge is 0.405 e. The highest BCUT2D eigenvalue weighted by Gasteiger charge is 2.57. The zero-order chi connectivity index (χ0) is 34.3. The number of aliphatic hydroxyl groups is 2. The Morgan fingerprint density at radius 3 is 2.52 bits per heavy atom. The molecule has 0 radical (unpaired) electrons. The van der Waals surface area contributed by atoms with Crippen LogP contribution in [-0.4, -0.2) is 80.3 Å². The number of nitrogens with one attached hydrogen (secondary N) is 1. The zero-order valence-electron chi connectivity index (χ0n) is 26.5. The average Bonchev–Trinajstić information content (AvgIpc) is 3.25. The SMILES string of the molecule is CC(C)[C@@H](N)C(=O)OC1[C@@H](COP(=O)(NCc2ccccc2)OCCSC(=O)C(C)(C)CO)O[C@@H](n2ccc(N)nc2=O)C1(C)O. The predicted octanol–water partition coefficient (Wildman–Crippen LogP) is 1.58. The van der Waals surface area contributed by atoms with E-state index in [1.165, 1.54) is 19.2 Å². The minimum atomic E-state index is -4.14. The highest BCUT2D eigenvalue weighted by atomic mass is 32.2. The van der Waals surface area contributed by atoms with Gasteiger partial charge in [-0.25, -0.2) is 14.4 Å². The molecule has 6 atom stereocenters. The Hall–Kier alpha value is -2.66. The van der Waals surface area contributed by atoms with Crippen LogP contribution in [-0.2, 0) is 39.2 Å². The van der Waals surface area contributed by atoms with E-state index in [1.807, 2.05) is 6.07 Å². The van der Waals surface area contributed by atoms with Crippen LogP contribution in [0.25, 0.3) is 0 Å². The van der Waals surface area contributed by atoms with E-state index < -0.39 is 61.5 Å². The average molecular weight is 686 g/mol. The maximum Gasteiger partial charge on any atom is 0.405 e. The second-order valence-corrected chi connectivity index (χ2v) is 14.9. The van der Waals surface area contributed by atoms with Gasteiger partial charge in [0, 0.05) is 18.5 Å². The van der Waals surface area contributed by atoms with Gasteiger partial charge in [0.1, 0.15) is 23.6 Å². The summed E-state index contributed by atoms with van der Waals surface area (Å²) in [5.41, 5.74) is 8.59. The van der Waals surface area contributed by atoms with E-state index in [0.29, 0.717) is 0 Å². The number of carbonyl (C=O) groups excluding carboxylic acids is 2. The summed E-state index contributed by atoms with van der Waals surface area (Å²) in [4.78, 5) is 41.7. The minimum Gasteiger partial charge on any atom is -0.455 e. The maximum atomic E-state index is 14.0. The molecule has 1 aromatic heterocycles. The fourth-order valence-corrected chi connectivity index (χ4v) is 6.52. The number of nitrogens with two attached hydrogens (primary N) is 2. The van der Waals surface area contributed by atoms with Gasteiger partial charge in [-0.3, -0.25) is 23.2 Å². The number of carbonyl (C=O) groups is 2. The Balaban J connectivity index is 1.84. The summed E-state index contributed by atoms with van der Waals surface area (Å²) < 4.78 is 38.0. The number of hydrogen-bond acceptors (Lipinski definition) is 14. The van der Waals surface area contributed by atoms with Gasteiger partial charge < -0.3 is 31.2 Å². The van der Waals surface area contributed by atoms with Crippen LogP contribution in [0.2, 0.25) is 0 Å². The number of ether oxygens (including phenoxy) is 2. The van der Waals surface area contributed by atoms with Gasteiger partial charge in [0.15, 0.2) is 17.4 Å². The lowest BCUT2D eigenvalue weighted by Crippen LogP contribution is -2.51. The lowest BCUT2D eigenvalue weighted by molar-refractivity contribution is -0.166. The summed E-state index contributed by atoms with van der Waals surface area (Å²) in [5.74, 6) is -1.06. The van der Waals surface area contributed by atoms with Gasteiger partial charge >= 0.3 is 19.4 Å². The van der Waals surface area contributed by atoms with Crippen LogP contribution in [0.15, 0.2) is 47.4 Å². The van der Waals surface area contributed by atoms with Crippen LogP contribution < -0.4 is 22.2 Å². The third-order valence-corrected chi connectivity index (χ3v) is 10.1. The Bertz CT molecular complexity index is 1440. The second kappa shape index (κ2) is 16.0. The molecule has 3 unspecified atom stereocenters. The van der Waals surface area contributed by atoms with Gasteiger partial charge in [-0.05, 0) is 38.3 Å². The lowest BCUT2D eigenvalue weighted by atomic mass is 9.95. The highest BCUT2D eigenvalue weighted by Crippen LogP contribution is 2.47. The third-order valence-electron chi connectivity index (χ3n) is 7.31. The van der Waals surface area contributed by atoms with E-state index in [-0.39, 0.29) is 42.4 Å². The number of esters is 1. The van der Waals surface area contributed by atoms with Crippen molar-refractivity contribution in [2.45, 2.75) is 71.2 Å². The van der Waals surface area contributed by atoms with Crippen molar-refractivity contribution >= 4 is 36.4 Å². The van der Waals surface area contributed by atoms with Crippen LogP contribution in [0.4, 0.5) is 5.82 Å². The summed E-state index contributed by atoms with van der Waals surface area (Å²) in [6, 6.07) is 9.34. The van der Waals surface area contributed by atoms with Gasteiger partial charge in [0.25, 0.3) is 0 Å². The topological polar surface area (TPSA) is 228 Å². The van der Waals surface area contributed by atoms with Gasteiger partial charge in [0.2, 0.25) is 0 Å². The van der Waals surface area contributed by atoms with Gasteiger partial charge in [-0.1, -0.05) is 55.9 Å². The molecular weight excluding hydrogens is 641 g/mol. The molecule has 0 spiro atoms. The molecule has 0 aliphatic carbocycles. The number of rotatable bonds is 16. The predicted molar refractivity (Wildman–Crippen MR) is 171 cm³/mol. The molecule has 0 bridgehead atoms. The van der Waals surface area contributed by atoms with Crippen molar-refractivity contribution in [2.75, 3.05) is 31.3 Å². The summed E-state index contributed by atoms with van der Waals surface area (Å²) in [6.45, 7) is 7.02. The fourth-order valence-electron chi connectivity index (χ4n) is 4.28. The summed E-state index contributed by atoms with van der Waals surface area (Å²) in [5, 5.41) is 23.6. The number of thioether (sulfide) groups is 1. The number of anilines is 1. The van der Waals surface area contributed by atoms with Crippen molar-refractivity contribution in [3.8, 4) is 0 Å². The van der Waals surface area contributed by atoms with Crippen molar-refractivity contribution in [1.82, 2.24) is 14.6 Å². The highest BCUT2D eigenvalue weighted by molar-refractivity contribution is 8.13. The van der Waals surface area contributed by atoms with Crippen molar-refractivity contribution in [2.24, 2.45) is 17.1 Å². The van der Waals surface area contributed by atoms with Crippen molar-refractivity contribution < 1.29 is 42.9 Å². The van der Waals surface area contributed by atoms with Crippen molar-refractivity contribution in [3.63, 3.8) is 0 Å². The standard InChI is InChI=1S/C29H44N5O10PS/c1-18(2)22(31)24(36)44-23-20(43-25(29(23,5)39)34-12-11-21(30)33-27(34)38)16-42-45(40,32-15-19-9-7-6-8-10-19)41-13-14-46-26(37)28(3,4)17-35/h6-12,18,20,22-23,25,35,39H,13-17,31H2,1-5H3,(H,32,40)(H2,30,33,38)/t20-,22-,23?,25-,29?,45?/m1/s1. The molecule has 1 aromatic carbocycles. The van der Waals surface area contributed by atoms with E-state index in [0.717, 1.165) is 21.9 Å². The summed E-state index contributed by atoms with van der Waals surface area (Å²) in [6.07, 6.45) is -2.83. The molecule has 1 fully saturated rings. The van der Waals surface area contributed by atoms with E-state index in [4.69, 9.17) is 30.0 Å². The zero-order valence-corrected chi connectivity index (χ0v) is 28.2. The molecule has 3 rings (SSSR count). The summed E-state index contributed by atoms with van der Waals surface area (Å²) >= 11 is 0.916. The fraction of sp³-hybridized carbons (Fsp3) is 0.586. The Labute approximate surface area is 271 Å². The van der Waals surface area contributed by atoms with E-state index in [9.17, 15) is 29.2 Å². The van der Waals surface area contributed by atoms with Crippen LogP contribution >= 0.6 is 19.5 Å². The number of nitrogen functional groups attached to an aromatic ring is 1. The number of benzene rings is 1. The monoisotopic (exact) mass is 685 g/mol. The first-order valence-electron chi connectivity index (χ1n) is 14.7. The number of nitrogens with zero attached hydrogens (tertiary/aromatic N) is 2. The first-order valence-corrected chi connectivity index (χ1v) is 17.2. The van der Waals surface area contributed by atoms with Crippen molar-refractivity contribution in [1.29, 1.82) is 0 Å². The molecule has 2 aromatic rings. The first-order chi connectivity index (χ1) is 21.5. The molecule has 256 valence electrons. The number of aliphatic hydroxyl groups excluding tert-OH is 1. The van der Waals surface area contributed by atoms with E-state index >= 15 is 0 Å².